The van der Waals surface area contributed by atoms with E-state index in [-0.39, 0.29) is 26.2 Å². The SMILES string of the molecule is CC(C)(C)OC(=O)N1CC(N)C(F)C1.CC(C)(C)OC(=O)N1CC(N)C(F)C1. The summed E-state index contributed by atoms with van der Waals surface area (Å²) >= 11 is 0. The molecular formula is C18H34F2N4O4. The number of carbonyl (C=O) groups is 2. The van der Waals surface area contributed by atoms with Crippen molar-refractivity contribution in [1.82, 2.24) is 9.80 Å². The maximum atomic E-state index is 13.0. The number of hydrogen-bond donors (Lipinski definition) is 2. The van der Waals surface area contributed by atoms with Crippen LogP contribution in [0.3, 0.4) is 0 Å². The minimum Gasteiger partial charge on any atom is -0.444 e. The van der Waals surface area contributed by atoms with Crippen LogP contribution in [-0.4, -0.2) is 83.8 Å². The van der Waals surface area contributed by atoms with E-state index in [0.717, 1.165) is 0 Å². The molecule has 2 aliphatic heterocycles. The second kappa shape index (κ2) is 9.21. The molecule has 2 heterocycles. The Labute approximate surface area is 165 Å². The molecule has 0 bridgehead atoms. The highest BCUT2D eigenvalue weighted by Crippen LogP contribution is 2.17. The van der Waals surface area contributed by atoms with E-state index in [1.807, 2.05) is 0 Å². The second-order valence-electron chi connectivity index (χ2n) is 9.13. The number of halogens is 2. The first kappa shape index (κ1) is 24.4. The molecule has 2 fully saturated rings. The molecule has 0 aliphatic carbocycles. The molecule has 0 aromatic carbocycles. The highest BCUT2D eigenvalue weighted by molar-refractivity contribution is 5.69. The summed E-state index contributed by atoms with van der Waals surface area (Å²) in [4.78, 5) is 25.5. The molecule has 0 radical (unpaired) electrons. The van der Waals surface area contributed by atoms with Gasteiger partial charge in [0.25, 0.3) is 0 Å². The van der Waals surface area contributed by atoms with E-state index in [2.05, 4.69) is 0 Å². The van der Waals surface area contributed by atoms with E-state index >= 15 is 0 Å². The Hall–Kier alpha value is -1.68. The molecule has 28 heavy (non-hydrogen) atoms. The van der Waals surface area contributed by atoms with Crippen LogP contribution in [0.25, 0.3) is 0 Å². The number of ether oxygens (including phenoxy) is 2. The lowest BCUT2D eigenvalue weighted by Crippen LogP contribution is -2.36. The van der Waals surface area contributed by atoms with Gasteiger partial charge in [-0.2, -0.15) is 0 Å². The van der Waals surface area contributed by atoms with Gasteiger partial charge >= 0.3 is 12.2 Å². The monoisotopic (exact) mass is 408 g/mol. The van der Waals surface area contributed by atoms with E-state index in [4.69, 9.17) is 20.9 Å². The van der Waals surface area contributed by atoms with Gasteiger partial charge < -0.3 is 30.7 Å². The molecule has 0 saturated carbocycles. The zero-order chi connectivity index (χ0) is 21.9. The van der Waals surface area contributed by atoms with Gasteiger partial charge in [0.05, 0.1) is 25.2 Å². The number of hydrogen-bond acceptors (Lipinski definition) is 6. The van der Waals surface area contributed by atoms with Gasteiger partial charge in [0.15, 0.2) is 0 Å². The molecule has 2 saturated heterocycles. The first-order valence-corrected chi connectivity index (χ1v) is 9.34. The van der Waals surface area contributed by atoms with Crippen molar-refractivity contribution in [2.45, 2.75) is 77.2 Å². The number of alkyl halides is 2. The maximum absolute atomic E-state index is 13.0. The second-order valence-corrected chi connectivity index (χ2v) is 9.13. The average Bonchev–Trinajstić information content (AvgIpc) is 3.00. The Morgan fingerprint density at radius 3 is 1.21 bits per heavy atom. The smallest absolute Gasteiger partial charge is 0.410 e. The predicted octanol–water partition coefficient (Wildman–Crippen LogP) is 1.81. The number of rotatable bonds is 0. The lowest BCUT2D eigenvalue weighted by atomic mass is 10.2. The lowest BCUT2D eigenvalue weighted by molar-refractivity contribution is 0.0273. The first-order chi connectivity index (χ1) is 12.6. The van der Waals surface area contributed by atoms with Crippen molar-refractivity contribution in [1.29, 1.82) is 0 Å². The van der Waals surface area contributed by atoms with E-state index in [1.54, 1.807) is 41.5 Å². The van der Waals surface area contributed by atoms with E-state index in [1.165, 1.54) is 9.80 Å². The van der Waals surface area contributed by atoms with Gasteiger partial charge in [-0.05, 0) is 41.5 Å². The third-order valence-corrected chi connectivity index (χ3v) is 3.88. The van der Waals surface area contributed by atoms with Crippen LogP contribution < -0.4 is 11.5 Å². The zero-order valence-electron chi connectivity index (χ0n) is 17.6. The molecule has 0 spiro atoms. The van der Waals surface area contributed by atoms with Crippen LogP contribution in [0.1, 0.15) is 41.5 Å². The summed E-state index contributed by atoms with van der Waals surface area (Å²) in [5.74, 6) is 0. The van der Waals surface area contributed by atoms with Gasteiger partial charge in [0.2, 0.25) is 0 Å². The predicted molar refractivity (Wildman–Crippen MR) is 101 cm³/mol. The van der Waals surface area contributed by atoms with Gasteiger partial charge in [-0.1, -0.05) is 0 Å². The molecule has 4 unspecified atom stereocenters. The average molecular weight is 408 g/mol. The van der Waals surface area contributed by atoms with Crippen LogP contribution in [-0.2, 0) is 9.47 Å². The molecule has 0 aromatic heterocycles. The Morgan fingerprint density at radius 1 is 0.750 bits per heavy atom. The third kappa shape index (κ3) is 8.14. The normalized spacial score (nSPS) is 27.9. The van der Waals surface area contributed by atoms with Crippen LogP contribution in [0.4, 0.5) is 18.4 Å². The molecule has 0 aromatic rings. The Balaban J connectivity index is 0.000000280. The molecule has 2 rings (SSSR count). The van der Waals surface area contributed by atoms with Crippen molar-refractivity contribution in [3.05, 3.63) is 0 Å². The highest BCUT2D eigenvalue weighted by atomic mass is 19.1. The summed E-state index contributed by atoms with van der Waals surface area (Å²) in [7, 11) is 0. The highest BCUT2D eigenvalue weighted by Gasteiger charge is 2.36. The van der Waals surface area contributed by atoms with Crippen LogP contribution in [0, 0.1) is 0 Å². The molecule has 4 atom stereocenters. The molecular weight excluding hydrogens is 374 g/mol. The quantitative estimate of drug-likeness (QED) is 0.632. The lowest BCUT2D eigenvalue weighted by Gasteiger charge is -2.24. The van der Waals surface area contributed by atoms with Crippen molar-refractivity contribution in [3.63, 3.8) is 0 Å². The molecule has 2 aliphatic rings. The number of carbonyl (C=O) groups excluding carboxylic acids is 2. The van der Waals surface area contributed by atoms with Crippen molar-refractivity contribution >= 4 is 12.2 Å². The molecule has 8 nitrogen and oxygen atoms in total. The number of amides is 2. The Bertz CT molecular complexity index is 483. The fraction of sp³-hybridized carbons (Fsp3) is 0.889. The van der Waals surface area contributed by atoms with E-state index < -0.39 is 47.8 Å². The van der Waals surface area contributed by atoms with Crippen molar-refractivity contribution in [2.24, 2.45) is 11.5 Å². The van der Waals surface area contributed by atoms with Crippen molar-refractivity contribution < 1.29 is 27.8 Å². The third-order valence-electron chi connectivity index (χ3n) is 3.88. The van der Waals surface area contributed by atoms with Gasteiger partial charge in [-0.25, -0.2) is 18.4 Å². The van der Waals surface area contributed by atoms with E-state index in [0.29, 0.717) is 0 Å². The molecule has 4 N–H and O–H groups in total. The topological polar surface area (TPSA) is 111 Å². The van der Waals surface area contributed by atoms with Crippen LogP contribution in [0.15, 0.2) is 0 Å². The standard InChI is InChI=1S/2C9H17FN2O2/c2*1-9(2,3)14-8(13)12-4-6(10)7(11)5-12/h2*6-7H,4-5,11H2,1-3H3. The largest absolute Gasteiger partial charge is 0.444 e. The summed E-state index contributed by atoms with van der Waals surface area (Å²) in [5.41, 5.74) is 9.80. The van der Waals surface area contributed by atoms with Gasteiger partial charge in [0.1, 0.15) is 23.5 Å². The molecule has 2 amide bonds. The molecule has 164 valence electrons. The number of nitrogens with two attached hydrogens (primary N) is 2. The van der Waals surface area contributed by atoms with Crippen LogP contribution in [0.2, 0.25) is 0 Å². The first-order valence-electron chi connectivity index (χ1n) is 9.34. The Kier molecular flexibility index (Phi) is 8.01. The minimum atomic E-state index is -1.14. The molecule has 10 heteroatoms. The van der Waals surface area contributed by atoms with Crippen molar-refractivity contribution in [2.75, 3.05) is 26.2 Å². The number of likely N-dealkylation sites (tertiary alicyclic amines) is 2. The minimum absolute atomic E-state index is 0.0378. The summed E-state index contributed by atoms with van der Waals surface area (Å²) in [5, 5.41) is 0. The van der Waals surface area contributed by atoms with Crippen LogP contribution in [0.5, 0.6) is 0 Å². The summed E-state index contributed by atoms with van der Waals surface area (Å²) in [6.07, 6.45) is -3.26. The van der Waals surface area contributed by atoms with E-state index in [9.17, 15) is 18.4 Å². The fourth-order valence-corrected chi connectivity index (χ4v) is 2.53. The van der Waals surface area contributed by atoms with Gasteiger partial charge in [-0.15, -0.1) is 0 Å². The summed E-state index contributed by atoms with van der Waals surface area (Å²) < 4.78 is 36.1. The van der Waals surface area contributed by atoms with Crippen LogP contribution >= 0.6 is 0 Å². The fourth-order valence-electron chi connectivity index (χ4n) is 2.53. The zero-order valence-corrected chi connectivity index (χ0v) is 17.6. The summed E-state index contributed by atoms with van der Waals surface area (Å²) in [6, 6.07) is -1.16. The maximum Gasteiger partial charge on any atom is 0.410 e. The van der Waals surface area contributed by atoms with Gasteiger partial charge in [0, 0.05) is 13.1 Å². The number of nitrogens with zero attached hydrogens (tertiary/aromatic N) is 2. The van der Waals surface area contributed by atoms with Crippen molar-refractivity contribution in [3.8, 4) is 0 Å². The summed E-state index contributed by atoms with van der Waals surface area (Å²) in [6.45, 7) is 11.2. The Morgan fingerprint density at radius 2 is 1.04 bits per heavy atom. The van der Waals surface area contributed by atoms with Gasteiger partial charge in [-0.3, -0.25) is 0 Å².